The maximum atomic E-state index is 10.3. The van der Waals surface area contributed by atoms with Crippen molar-refractivity contribution in [3.8, 4) is 0 Å². The molecule has 0 bridgehead atoms. The van der Waals surface area contributed by atoms with Crippen LogP contribution in [0.25, 0.3) is 0 Å². The van der Waals surface area contributed by atoms with Crippen LogP contribution in [0.15, 0.2) is 0 Å². The highest BCUT2D eigenvalue weighted by molar-refractivity contribution is 6.72. The van der Waals surface area contributed by atoms with Gasteiger partial charge in [-0.05, 0) is 19.0 Å². The second-order valence-electron chi connectivity index (χ2n) is 6.30. The van der Waals surface area contributed by atoms with E-state index in [9.17, 15) is 4.80 Å². The smallest absolute Gasteiger partial charge is 0.201 e. The minimum Gasteiger partial charge on any atom is -0.430 e. The molecule has 3 heteroatoms. The molecule has 0 aliphatic rings. The van der Waals surface area contributed by atoms with Gasteiger partial charge in [-0.2, -0.15) is 0 Å². The van der Waals surface area contributed by atoms with Crippen molar-refractivity contribution in [2.24, 2.45) is 5.73 Å². The summed E-state index contributed by atoms with van der Waals surface area (Å²) < 4.78 is 0. The fourth-order valence-electron chi connectivity index (χ4n) is 2.60. The van der Waals surface area contributed by atoms with Gasteiger partial charge < -0.3 is 10.5 Å². The second-order valence-corrected chi connectivity index (χ2v) is 10.3. The third-order valence-corrected chi connectivity index (χ3v) is 7.65. The van der Waals surface area contributed by atoms with E-state index in [1.54, 1.807) is 0 Å². The Balaban J connectivity index is 3.31. The summed E-state index contributed by atoms with van der Waals surface area (Å²) in [6, 6.07) is 0.985. The molecule has 116 valence electrons. The molecule has 0 amide bonds. The third kappa shape index (κ3) is 10.6. The zero-order valence-corrected chi connectivity index (χ0v) is 14.6. The van der Waals surface area contributed by atoms with Gasteiger partial charge in [0.2, 0.25) is 8.32 Å². The van der Waals surface area contributed by atoms with Crippen LogP contribution >= 0.6 is 0 Å². The van der Waals surface area contributed by atoms with E-state index in [1.807, 2.05) is 6.55 Å². The van der Waals surface area contributed by atoms with E-state index >= 15 is 0 Å². The number of unbranched alkanes of at least 4 members (excludes halogenated alkanes) is 9. The molecule has 2 unspecified atom stereocenters. The zero-order chi connectivity index (χ0) is 14.6. The van der Waals surface area contributed by atoms with Crippen LogP contribution in [0, 0.1) is 0 Å². The number of hydrogen-bond donors (Lipinski definition) is 2. The fourth-order valence-corrected chi connectivity index (χ4v) is 4.81. The monoisotopic (exact) mass is 287 g/mol. The topological polar surface area (TPSA) is 46.2 Å². The average molecular weight is 288 g/mol. The van der Waals surface area contributed by atoms with Crippen LogP contribution in [-0.4, -0.2) is 18.8 Å². The minimum absolute atomic E-state index is 0.0612. The second kappa shape index (κ2) is 11.9. The highest BCUT2D eigenvalue weighted by Crippen LogP contribution is 2.18. The van der Waals surface area contributed by atoms with E-state index in [1.165, 1.54) is 64.2 Å². The van der Waals surface area contributed by atoms with Crippen molar-refractivity contribution in [3.05, 3.63) is 0 Å². The summed E-state index contributed by atoms with van der Waals surface area (Å²) >= 11 is 0. The summed E-state index contributed by atoms with van der Waals surface area (Å²) in [4.78, 5) is 10.3. The Morgan fingerprint density at radius 1 is 0.842 bits per heavy atom. The summed E-state index contributed by atoms with van der Waals surface area (Å²) in [5.74, 6) is 0. The molecule has 0 fully saturated rings. The summed E-state index contributed by atoms with van der Waals surface area (Å²) in [6.45, 7) is 6.36. The van der Waals surface area contributed by atoms with Crippen LogP contribution in [0.2, 0.25) is 12.6 Å². The molecule has 0 aliphatic heterocycles. The van der Waals surface area contributed by atoms with E-state index < -0.39 is 8.32 Å². The molecule has 0 heterocycles. The molecule has 2 nitrogen and oxygen atoms in total. The van der Waals surface area contributed by atoms with Crippen LogP contribution in [0.3, 0.4) is 0 Å². The summed E-state index contributed by atoms with van der Waals surface area (Å²) in [6.07, 6.45) is 14.4. The van der Waals surface area contributed by atoms with Crippen LogP contribution < -0.4 is 5.73 Å². The molecular weight excluding hydrogens is 250 g/mol. The predicted molar refractivity (Wildman–Crippen MR) is 88.8 cm³/mol. The Hall–Kier alpha value is 0.137. The average Bonchev–Trinajstić information content (AvgIpc) is 2.39. The van der Waals surface area contributed by atoms with Gasteiger partial charge in [-0.15, -0.1) is 0 Å². The maximum absolute atomic E-state index is 10.3. The van der Waals surface area contributed by atoms with Crippen molar-refractivity contribution in [2.45, 2.75) is 103 Å². The number of rotatable bonds is 13. The Kier molecular flexibility index (Phi) is 12.0. The molecule has 0 aromatic heterocycles. The van der Waals surface area contributed by atoms with E-state index in [0.717, 1.165) is 12.5 Å². The van der Waals surface area contributed by atoms with Crippen molar-refractivity contribution >= 4 is 8.32 Å². The van der Waals surface area contributed by atoms with Gasteiger partial charge in [-0.1, -0.05) is 78.1 Å². The van der Waals surface area contributed by atoms with Crippen LogP contribution in [-0.2, 0) is 0 Å². The molecule has 2 atom stereocenters. The molecule has 0 rings (SSSR count). The lowest BCUT2D eigenvalue weighted by Crippen LogP contribution is -2.50. The summed E-state index contributed by atoms with van der Waals surface area (Å²) in [5.41, 5.74) is 6.04. The molecule has 3 N–H and O–H groups in total. The lowest BCUT2D eigenvalue weighted by molar-refractivity contribution is 0.496. The Labute approximate surface area is 122 Å². The van der Waals surface area contributed by atoms with Gasteiger partial charge in [-0.25, -0.2) is 0 Å². The van der Waals surface area contributed by atoms with Gasteiger partial charge in [0.25, 0.3) is 0 Å². The van der Waals surface area contributed by atoms with Gasteiger partial charge in [0.05, 0.1) is 0 Å². The van der Waals surface area contributed by atoms with Crippen LogP contribution in [0.5, 0.6) is 0 Å². The van der Waals surface area contributed by atoms with Gasteiger partial charge in [0.15, 0.2) is 0 Å². The minimum atomic E-state index is -2.12. The highest BCUT2D eigenvalue weighted by atomic mass is 28.4. The zero-order valence-electron chi connectivity index (χ0n) is 13.6. The predicted octanol–water partition coefficient (Wildman–Crippen LogP) is 4.75. The first kappa shape index (κ1) is 19.1. The molecule has 0 spiro atoms. The normalized spacial score (nSPS) is 16.3. The number of hydrogen-bond acceptors (Lipinski definition) is 2. The fraction of sp³-hybridized carbons (Fsp3) is 1.00. The lowest BCUT2D eigenvalue weighted by atomic mass is 10.1. The molecule has 0 saturated carbocycles. The maximum Gasteiger partial charge on any atom is 0.201 e. The molecule has 0 radical (unpaired) electrons. The van der Waals surface area contributed by atoms with Crippen LogP contribution in [0.4, 0.5) is 0 Å². The van der Waals surface area contributed by atoms with E-state index in [4.69, 9.17) is 5.73 Å². The summed E-state index contributed by atoms with van der Waals surface area (Å²) in [7, 11) is -2.12. The molecule has 19 heavy (non-hydrogen) atoms. The number of nitrogens with two attached hydrogens (primary N) is 1. The lowest BCUT2D eigenvalue weighted by Gasteiger charge is -2.26. The van der Waals surface area contributed by atoms with Crippen molar-refractivity contribution in [2.75, 3.05) is 0 Å². The molecule has 0 aromatic rings. The highest BCUT2D eigenvalue weighted by Gasteiger charge is 2.30. The third-order valence-electron chi connectivity index (χ3n) is 4.28. The van der Waals surface area contributed by atoms with Crippen molar-refractivity contribution in [3.63, 3.8) is 0 Å². The van der Waals surface area contributed by atoms with Gasteiger partial charge in [0, 0.05) is 5.67 Å². The molecule has 0 aromatic carbocycles. The SMILES string of the molecule is CCCCCCCCCCCC[Si](C)(O)C(N)CC. The standard InChI is InChI=1S/C16H37NOSi/c1-4-6-7-8-9-10-11-12-13-14-15-19(3,18)16(17)5-2/h16,18H,4-15,17H2,1-3H3. The van der Waals surface area contributed by atoms with Crippen LogP contribution in [0.1, 0.15) is 84.5 Å². The quantitative estimate of drug-likeness (QED) is 0.379. The first-order chi connectivity index (χ1) is 9.04. The van der Waals surface area contributed by atoms with E-state index in [0.29, 0.717) is 0 Å². The van der Waals surface area contributed by atoms with E-state index in [-0.39, 0.29) is 5.67 Å². The van der Waals surface area contributed by atoms with Crippen molar-refractivity contribution < 1.29 is 4.80 Å². The van der Waals surface area contributed by atoms with Gasteiger partial charge in [0.1, 0.15) is 0 Å². The van der Waals surface area contributed by atoms with Gasteiger partial charge in [-0.3, -0.25) is 0 Å². The first-order valence-electron chi connectivity index (χ1n) is 8.52. The van der Waals surface area contributed by atoms with Gasteiger partial charge >= 0.3 is 0 Å². The van der Waals surface area contributed by atoms with E-state index in [2.05, 4.69) is 13.8 Å². The van der Waals surface area contributed by atoms with Crippen molar-refractivity contribution in [1.29, 1.82) is 0 Å². The first-order valence-corrected chi connectivity index (χ1v) is 11.3. The Morgan fingerprint density at radius 2 is 1.26 bits per heavy atom. The summed E-state index contributed by atoms with van der Waals surface area (Å²) in [5, 5.41) is 0. The molecular formula is C16H37NOSi. The molecule has 0 saturated heterocycles. The van der Waals surface area contributed by atoms with Crippen molar-refractivity contribution in [1.82, 2.24) is 0 Å². The Morgan fingerprint density at radius 3 is 1.68 bits per heavy atom. The molecule has 0 aliphatic carbocycles. The Bertz CT molecular complexity index is 197. The largest absolute Gasteiger partial charge is 0.430 e.